The van der Waals surface area contributed by atoms with Gasteiger partial charge in [-0.05, 0) is 45.1 Å². The zero-order valence-electron chi connectivity index (χ0n) is 14.3. The van der Waals surface area contributed by atoms with Gasteiger partial charge in [-0.15, -0.1) is 0 Å². The van der Waals surface area contributed by atoms with E-state index in [1.54, 1.807) is 0 Å². The first-order valence-corrected chi connectivity index (χ1v) is 8.86. The Morgan fingerprint density at radius 2 is 1.83 bits per heavy atom. The number of hydrogen-bond donors (Lipinski definition) is 0. The highest BCUT2D eigenvalue weighted by Gasteiger charge is 2.29. The summed E-state index contributed by atoms with van der Waals surface area (Å²) in [5.74, 6) is 0.0572. The van der Waals surface area contributed by atoms with Crippen LogP contribution >= 0.6 is 0 Å². The third-order valence-corrected chi connectivity index (χ3v) is 5.39. The largest absolute Gasteiger partial charge is 0.335 e. The molecule has 6 nitrogen and oxygen atoms in total. The SMILES string of the molecule is CN1CCC(N2CCN(C(=O)c3cn4ccccc4n3)CC2)CC1. The number of rotatable bonds is 2. The first-order chi connectivity index (χ1) is 11.7. The predicted molar refractivity (Wildman–Crippen MR) is 93.2 cm³/mol. The summed E-state index contributed by atoms with van der Waals surface area (Å²) in [7, 11) is 2.20. The molecule has 1 amide bonds. The van der Waals surface area contributed by atoms with Crippen LogP contribution in [0.15, 0.2) is 30.6 Å². The maximum Gasteiger partial charge on any atom is 0.274 e. The molecule has 4 rings (SSSR count). The van der Waals surface area contributed by atoms with Gasteiger partial charge >= 0.3 is 0 Å². The summed E-state index contributed by atoms with van der Waals surface area (Å²) in [6, 6.07) is 6.50. The van der Waals surface area contributed by atoms with Crippen molar-refractivity contribution in [1.82, 2.24) is 24.1 Å². The third kappa shape index (κ3) is 3.03. The molecular weight excluding hydrogens is 302 g/mol. The Labute approximate surface area is 142 Å². The van der Waals surface area contributed by atoms with Crippen molar-refractivity contribution < 1.29 is 4.79 Å². The second-order valence-electron chi connectivity index (χ2n) is 6.95. The number of imidazole rings is 1. The molecule has 0 spiro atoms. The van der Waals surface area contributed by atoms with Crippen molar-refractivity contribution >= 4 is 11.6 Å². The fraction of sp³-hybridized carbons (Fsp3) is 0.556. The summed E-state index contributed by atoms with van der Waals surface area (Å²) in [5.41, 5.74) is 1.37. The van der Waals surface area contributed by atoms with Gasteiger partial charge in [-0.2, -0.15) is 0 Å². The number of likely N-dealkylation sites (tertiary alicyclic amines) is 1. The van der Waals surface area contributed by atoms with Gasteiger partial charge in [-0.3, -0.25) is 9.69 Å². The number of hydrogen-bond acceptors (Lipinski definition) is 4. The number of amides is 1. The molecule has 0 atom stereocenters. The average molecular weight is 327 g/mol. The molecule has 2 aromatic rings. The molecule has 2 aliphatic heterocycles. The van der Waals surface area contributed by atoms with Crippen LogP contribution in [0.2, 0.25) is 0 Å². The number of nitrogens with zero attached hydrogens (tertiary/aromatic N) is 5. The summed E-state index contributed by atoms with van der Waals surface area (Å²) < 4.78 is 1.90. The van der Waals surface area contributed by atoms with Crippen LogP contribution < -0.4 is 0 Å². The molecule has 2 aromatic heterocycles. The molecule has 0 saturated carbocycles. The molecule has 0 aliphatic carbocycles. The number of aromatic nitrogens is 2. The summed E-state index contributed by atoms with van der Waals surface area (Å²) in [4.78, 5) is 24.1. The van der Waals surface area contributed by atoms with Gasteiger partial charge in [-0.1, -0.05) is 6.07 Å². The van der Waals surface area contributed by atoms with Crippen LogP contribution in [0.5, 0.6) is 0 Å². The molecule has 4 heterocycles. The summed E-state index contributed by atoms with van der Waals surface area (Å²) >= 11 is 0. The Bertz CT molecular complexity index is 678. The smallest absolute Gasteiger partial charge is 0.274 e. The fourth-order valence-electron chi connectivity index (χ4n) is 3.85. The predicted octanol–water partition coefficient (Wildman–Crippen LogP) is 1.19. The van der Waals surface area contributed by atoms with Crippen LogP contribution in [0, 0.1) is 0 Å². The van der Waals surface area contributed by atoms with E-state index >= 15 is 0 Å². The quantitative estimate of drug-likeness (QED) is 0.831. The van der Waals surface area contributed by atoms with Gasteiger partial charge in [0.1, 0.15) is 11.3 Å². The van der Waals surface area contributed by atoms with Crippen molar-refractivity contribution in [2.75, 3.05) is 46.3 Å². The molecule has 128 valence electrons. The minimum atomic E-state index is 0.0572. The Hall–Kier alpha value is -1.92. The molecule has 2 saturated heterocycles. The van der Waals surface area contributed by atoms with E-state index in [2.05, 4.69) is 21.8 Å². The van der Waals surface area contributed by atoms with Gasteiger partial charge in [0.15, 0.2) is 0 Å². The second kappa shape index (κ2) is 6.53. The number of fused-ring (bicyclic) bond motifs is 1. The fourth-order valence-corrected chi connectivity index (χ4v) is 3.85. The van der Waals surface area contributed by atoms with E-state index in [0.717, 1.165) is 31.8 Å². The van der Waals surface area contributed by atoms with Crippen molar-refractivity contribution in [2.24, 2.45) is 0 Å². The topological polar surface area (TPSA) is 44.1 Å². The molecule has 0 bridgehead atoms. The Kier molecular flexibility index (Phi) is 4.24. The maximum atomic E-state index is 12.7. The normalized spacial score (nSPS) is 21.5. The van der Waals surface area contributed by atoms with Gasteiger partial charge in [0, 0.05) is 44.6 Å². The van der Waals surface area contributed by atoms with Crippen molar-refractivity contribution in [3.05, 3.63) is 36.3 Å². The highest BCUT2D eigenvalue weighted by molar-refractivity contribution is 5.93. The van der Waals surface area contributed by atoms with Crippen LogP contribution in [0.25, 0.3) is 5.65 Å². The van der Waals surface area contributed by atoms with Gasteiger partial charge < -0.3 is 14.2 Å². The molecule has 0 radical (unpaired) electrons. The summed E-state index contributed by atoms with van der Waals surface area (Å²) in [6.07, 6.45) is 6.26. The van der Waals surface area contributed by atoms with Crippen LogP contribution in [0.3, 0.4) is 0 Å². The van der Waals surface area contributed by atoms with E-state index in [4.69, 9.17) is 0 Å². The minimum absolute atomic E-state index is 0.0572. The lowest BCUT2D eigenvalue weighted by Gasteiger charge is -2.42. The minimum Gasteiger partial charge on any atom is -0.335 e. The monoisotopic (exact) mass is 327 g/mol. The van der Waals surface area contributed by atoms with Gasteiger partial charge in [0.05, 0.1) is 0 Å². The van der Waals surface area contributed by atoms with Gasteiger partial charge in [0.25, 0.3) is 5.91 Å². The third-order valence-electron chi connectivity index (χ3n) is 5.39. The number of piperidine rings is 1. The van der Waals surface area contributed by atoms with Crippen molar-refractivity contribution in [3.63, 3.8) is 0 Å². The van der Waals surface area contributed by atoms with E-state index in [-0.39, 0.29) is 5.91 Å². The van der Waals surface area contributed by atoms with Crippen LogP contribution in [-0.2, 0) is 0 Å². The number of piperazine rings is 1. The van der Waals surface area contributed by atoms with Gasteiger partial charge in [-0.25, -0.2) is 4.98 Å². The number of carbonyl (C=O) groups excluding carboxylic acids is 1. The van der Waals surface area contributed by atoms with Crippen LogP contribution in [0.1, 0.15) is 23.3 Å². The van der Waals surface area contributed by atoms with Gasteiger partial charge in [0.2, 0.25) is 0 Å². The Morgan fingerprint density at radius 1 is 1.08 bits per heavy atom. The van der Waals surface area contributed by atoms with Crippen molar-refractivity contribution in [2.45, 2.75) is 18.9 Å². The Balaban J connectivity index is 1.37. The highest BCUT2D eigenvalue weighted by Crippen LogP contribution is 2.18. The Morgan fingerprint density at radius 3 is 2.54 bits per heavy atom. The molecule has 0 aromatic carbocycles. The van der Waals surface area contributed by atoms with E-state index in [1.165, 1.54) is 25.9 Å². The lowest BCUT2D eigenvalue weighted by Crippen LogP contribution is -2.54. The zero-order valence-corrected chi connectivity index (χ0v) is 14.3. The van der Waals surface area contributed by atoms with E-state index < -0.39 is 0 Å². The number of pyridine rings is 1. The lowest BCUT2D eigenvalue weighted by molar-refractivity contribution is 0.0471. The lowest BCUT2D eigenvalue weighted by atomic mass is 10.0. The van der Waals surface area contributed by atoms with E-state index in [0.29, 0.717) is 11.7 Å². The molecular formula is C18H25N5O. The average Bonchev–Trinajstić information content (AvgIpc) is 3.06. The van der Waals surface area contributed by atoms with Crippen LogP contribution in [0.4, 0.5) is 0 Å². The first kappa shape index (κ1) is 15.6. The van der Waals surface area contributed by atoms with E-state index in [1.807, 2.05) is 39.9 Å². The molecule has 2 fully saturated rings. The van der Waals surface area contributed by atoms with Crippen molar-refractivity contribution in [3.8, 4) is 0 Å². The molecule has 24 heavy (non-hydrogen) atoms. The molecule has 2 aliphatic rings. The zero-order chi connectivity index (χ0) is 16.5. The highest BCUT2D eigenvalue weighted by atomic mass is 16.2. The molecule has 0 unspecified atom stereocenters. The molecule has 6 heteroatoms. The van der Waals surface area contributed by atoms with E-state index in [9.17, 15) is 4.79 Å². The summed E-state index contributed by atoms with van der Waals surface area (Å²) in [5, 5.41) is 0. The van der Waals surface area contributed by atoms with Crippen LogP contribution in [-0.4, -0.2) is 82.3 Å². The number of carbonyl (C=O) groups is 1. The molecule has 0 N–H and O–H groups in total. The van der Waals surface area contributed by atoms with Crippen molar-refractivity contribution in [1.29, 1.82) is 0 Å². The maximum absolute atomic E-state index is 12.7. The second-order valence-corrected chi connectivity index (χ2v) is 6.95. The summed E-state index contributed by atoms with van der Waals surface area (Å²) in [6.45, 7) is 5.94. The standard InChI is InChI=1S/C18H25N5O/c1-20-8-5-15(6-9-20)21-10-12-22(13-11-21)18(24)16-14-23-7-3-2-4-17(23)19-16/h2-4,7,14-15H,5-6,8-13H2,1H3. The first-order valence-electron chi connectivity index (χ1n) is 8.86.